The van der Waals surface area contributed by atoms with Gasteiger partial charge in [0.2, 0.25) is 5.79 Å². The van der Waals surface area contributed by atoms with Crippen LogP contribution in [0.3, 0.4) is 0 Å². The highest BCUT2D eigenvalue weighted by molar-refractivity contribution is 6.01. The fourth-order valence-electron chi connectivity index (χ4n) is 9.88. The van der Waals surface area contributed by atoms with E-state index in [0.29, 0.717) is 19.3 Å². The van der Waals surface area contributed by atoms with E-state index >= 15 is 0 Å². The zero-order valence-corrected chi connectivity index (χ0v) is 27.0. The van der Waals surface area contributed by atoms with Crippen molar-refractivity contribution in [2.75, 3.05) is 26.4 Å². The minimum atomic E-state index is -2.32. The highest BCUT2D eigenvalue weighted by atomic mass is 16.8. The lowest BCUT2D eigenvalue weighted by Gasteiger charge is -2.59. The first-order chi connectivity index (χ1) is 22.6. The number of aliphatic hydroxyl groups is 9. The molecule has 0 aromatic heterocycles. The minimum Gasteiger partial charge on any atom is -0.394 e. The number of rotatable bonds is 9. The van der Waals surface area contributed by atoms with Crippen LogP contribution in [0.1, 0.15) is 46.0 Å². The van der Waals surface area contributed by atoms with E-state index in [9.17, 15) is 55.5 Å². The van der Waals surface area contributed by atoms with Crippen LogP contribution in [0.15, 0.2) is 23.8 Å². The molecule has 3 unspecified atom stereocenters. The number of hydrogen-bond acceptors (Lipinski definition) is 15. The zero-order chi connectivity index (χ0) is 35.0. The van der Waals surface area contributed by atoms with Crippen LogP contribution in [0, 0.1) is 28.6 Å². The summed E-state index contributed by atoms with van der Waals surface area (Å²) in [7, 11) is 0. The molecule has 4 aliphatic carbocycles. The van der Waals surface area contributed by atoms with E-state index in [-0.39, 0.29) is 36.4 Å². The molecule has 9 N–H and O–H groups in total. The van der Waals surface area contributed by atoms with Crippen molar-refractivity contribution in [3.05, 3.63) is 23.8 Å². The molecule has 0 spiro atoms. The first-order valence-electron chi connectivity index (χ1n) is 16.7. The van der Waals surface area contributed by atoms with Crippen LogP contribution in [0.2, 0.25) is 0 Å². The zero-order valence-electron chi connectivity index (χ0n) is 27.0. The second kappa shape index (κ2) is 12.8. The Bertz CT molecular complexity index is 1320. The molecular formula is C33H48O15. The van der Waals surface area contributed by atoms with Gasteiger partial charge in [0.15, 0.2) is 17.9 Å². The number of fused-ring (bicyclic) bond motifs is 5. The molecule has 270 valence electrons. The molecule has 6 rings (SSSR count). The second-order valence-electron chi connectivity index (χ2n) is 14.9. The Morgan fingerprint density at radius 3 is 2.38 bits per heavy atom. The molecule has 15 nitrogen and oxygen atoms in total. The number of carbonyl (C=O) groups excluding carboxylic acids is 2. The Balaban J connectivity index is 1.17. The van der Waals surface area contributed by atoms with Crippen molar-refractivity contribution in [2.45, 2.75) is 112 Å². The van der Waals surface area contributed by atoms with E-state index in [0.717, 1.165) is 5.57 Å². The molecule has 0 bridgehead atoms. The van der Waals surface area contributed by atoms with Gasteiger partial charge in [-0.15, -0.1) is 0 Å². The summed E-state index contributed by atoms with van der Waals surface area (Å²) >= 11 is 0. The van der Waals surface area contributed by atoms with E-state index in [1.165, 1.54) is 6.08 Å². The van der Waals surface area contributed by atoms with E-state index in [1.807, 2.05) is 13.0 Å². The maximum absolute atomic E-state index is 13.9. The van der Waals surface area contributed by atoms with E-state index in [1.54, 1.807) is 13.0 Å². The van der Waals surface area contributed by atoms with Gasteiger partial charge in [0.05, 0.1) is 19.3 Å². The van der Waals surface area contributed by atoms with Gasteiger partial charge < -0.3 is 64.9 Å². The summed E-state index contributed by atoms with van der Waals surface area (Å²) in [6.45, 7) is 0.478. The Hall–Kier alpha value is -1.70. The van der Waals surface area contributed by atoms with Crippen molar-refractivity contribution in [1.82, 2.24) is 0 Å². The van der Waals surface area contributed by atoms with Gasteiger partial charge in [0.1, 0.15) is 61.5 Å². The number of Topliss-reactive ketones (excluding diaryl/α,β-unsaturated/α-hetero) is 1. The highest BCUT2D eigenvalue weighted by Crippen LogP contribution is 2.67. The maximum atomic E-state index is 13.9. The van der Waals surface area contributed by atoms with Crippen molar-refractivity contribution < 1.29 is 74.5 Å². The molecule has 15 heteroatoms. The van der Waals surface area contributed by atoms with E-state index < -0.39 is 110 Å². The smallest absolute Gasteiger partial charge is 0.222 e. The van der Waals surface area contributed by atoms with Gasteiger partial charge in [0, 0.05) is 16.7 Å². The van der Waals surface area contributed by atoms with Crippen LogP contribution < -0.4 is 0 Å². The molecule has 6 aliphatic rings. The molecular weight excluding hydrogens is 636 g/mol. The Morgan fingerprint density at radius 1 is 1.00 bits per heavy atom. The molecule has 2 aliphatic heterocycles. The molecule has 0 aromatic rings. The Labute approximate surface area is 277 Å². The van der Waals surface area contributed by atoms with Gasteiger partial charge in [-0.2, -0.15) is 0 Å². The quantitative estimate of drug-likeness (QED) is 0.119. The number of aliphatic hydroxyl groups excluding tert-OH is 8. The predicted molar refractivity (Wildman–Crippen MR) is 160 cm³/mol. The summed E-state index contributed by atoms with van der Waals surface area (Å²) in [5.41, 5.74) is -2.51. The molecule has 3 saturated carbocycles. The Morgan fingerprint density at radius 2 is 1.71 bits per heavy atom. The van der Waals surface area contributed by atoms with Crippen LogP contribution in [0.25, 0.3) is 0 Å². The standard InChI is InChI=1S/C33H48O15/c1-30-7-5-16(37)9-15(30)3-4-17-18-6-8-32(44,31(18,2)10-19(38)23(17)30)22(39)13-45-33(14-36)28(43)27(21(12-35)48-33)47-29-26(42)25(41)24(40)20(11-34)46-29/h5,7,9,17-21,23-29,34-36,38,40-44H,3-4,6,8,10-14H2,1-2H3/t17-,18-,19-,20?,21+,23+,24-,25+,26?,27?,28+,29-,30-,31-,32-,33+/m0/s1. The highest BCUT2D eigenvalue weighted by Gasteiger charge is 2.68. The molecule has 2 heterocycles. The lowest BCUT2D eigenvalue weighted by molar-refractivity contribution is -0.319. The number of ketones is 2. The third-order valence-electron chi connectivity index (χ3n) is 12.6. The van der Waals surface area contributed by atoms with Crippen molar-refractivity contribution >= 4 is 11.6 Å². The first-order valence-corrected chi connectivity index (χ1v) is 16.7. The molecule has 2 saturated heterocycles. The minimum absolute atomic E-state index is 0.0316. The normalized spacial score (nSPS) is 51.6. The number of ether oxygens (including phenoxy) is 4. The summed E-state index contributed by atoms with van der Waals surface area (Å²) in [6.07, 6.45) is -6.85. The lowest BCUT2D eigenvalue weighted by Crippen LogP contribution is -2.62. The van der Waals surface area contributed by atoms with E-state index in [4.69, 9.17) is 18.9 Å². The van der Waals surface area contributed by atoms with Crippen LogP contribution in [-0.2, 0) is 28.5 Å². The number of allylic oxidation sites excluding steroid dienone is 4. The summed E-state index contributed by atoms with van der Waals surface area (Å²) in [6, 6.07) is 0. The predicted octanol–water partition coefficient (Wildman–Crippen LogP) is -2.79. The largest absolute Gasteiger partial charge is 0.394 e. The van der Waals surface area contributed by atoms with Gasteiger partial charge in [-0.1, -0.05) is 25.5 Å². The molecule has 0 radical (unpaired) electrons. The van der Waals surface area contributed by atoms with Crippen LogP contribution >= 0.6 is 0 Å². The second-order valence-corrected chi connectivity index (χ2v) is 14.9. The molecule has 48 heavy (non-hydrogen) atoms. The lowest BCUT2D eigenvalue weighted by atomic mass is 9.46. The van der Waals surface area contributed by atoms with Crippen LogP contribution in [0.4, 0.5) is 0 Å². The topological polar surface area (TPSA) is 253 Å². The maximum Gasteiger partial charge on any atom is 0.222 e. The van der Waals surface area contributed by atoms with Crippen molar-refractivity contribution in [3.8, 4) is 0 Å². The summed E-state index contributed by atoms with van der Waals surface area (Å²) in [4.78, 5) is 26.0. The van der Waals surface area contributed by atoms with Crippen LogP contribution in [-0.4, -0.2) is 150 Å². The third kappa shape index (κ3) is 5.29. The summed E-state index contributed by atoms with van der Waals surface area (Å²) < 4.78 is 22.4. The van der Waals surface area contributed by atoms with Crippen LogP contribution in [0.5, 0.6) is 0 Å². The van der Waals surface area contributed by atoms with Crippen molar-refractivity contribution in [1.29, 1.82) is 0 Å². The Kier molecular flexibility index (Phi) is 9.64. The summed E-state index contributed by atoms with van der Waals surface area (Å²) in [5, 5.41) is 95.4. The summed E-state index contributed by atoms with van der Waals surface area (Å²) in [5.74, 6) is -3.50. The number of carbonyl (C=O) groups is 2. The molecule has 5 fully saturated rings. The van der Waals surface area contributed by atoms with Crippen molar-refractivity contribution in [3.63, 3.8) is 0 Å². The van der Waals surface area contributed by atoms with Gasteiger partial charge in [-0.05, 0) is 56.1 Å². The van der Waals surface area contributed by atoms with Crippen molar-refractivity contribution in [2.24, 2.45) is 28.6 Å². The van der Waals surface area contributed by atoms with Gasteiger partial charge in [0.25, 0.3) is 0 Å². The molecule has 16 atom stereocenters. The monoisotopic (exact) mass is 684 g/mol. The van der Waals surface area contributed by atoms with Gasteiger partial charge >= 0.3 is 0 Å². The number of hydrogen-bond donors (Lipinski definition) is 9. The molecule has 0 amide bonds. The average molecular weight is 685 g/mol. The fourth-order valence-corrected chi connectivity index (χ4v) is 9.88. The van der Waals surface area contributed by atoms with Gasteiger partial charge in [-0.25, -0.2) is 0 Å². The van der Waals surface area contributed by atoms with E-state index in [2.05, 4.69) is 0 Å². The first kappa shape index (κ1) is 36.1. The molecule has 0 aromatic carbocycles. The third-order valence-corrected chi connectivity index (χ3v) is 12.6. The SMILES string of the molecule is C[C@]12C=CC(=O)C=C1CC[C@@H]1[C@@H]2[C@@H](O)C[C@@]2(C)[C@H]1CC[C@]2(O)C(=O)CO[C@]1(CO)O[C@H](CO)C(O[C@@H]2OC(CO)[C@H](O)[C@@H](O)C2O)[C@H]1O. The average Bonchev–Trinajstić information content (AvgIpc) is 3.49. The fraction of sp³-hybridized carbons (Fsp3) is 0.818. The van der Waals surface area contributed by atoms with Gasteiger partial charge in [-0.3, -0.25) is 9.59 Å².